The first kappa shape index (κ1) is 41.2. The summed E-state index contributed by atoms with van der Waals surface area (Å²) in [5, 5.41) is 0. The zero-order valence-electron chi connectivity index (χ0n) is 31.4. The molecule has 0 spiro atoms. The van der Waals surface area contributed by atoms with Gasteiger partial charge in [0.15, 0.2) is 0 Å². The first-order valence-corrected chi connectivity index (χ1v) is 19.7. The van der Waals surface area contributed by atoms with Crippen molar-refractivity contribution in [3.63, 3.8) is 0 Å². The molecule has 0 saturated heterocycles. The Labute approximate surface area is 300 Å². The van der Waals surface area contributed by atoms with Crippen LogP contribution in [0, 0.1) is 0 Å². The molecule has 0 amide bonds. The third-order valence-electron chi connectivity index (χ3n) is 9.96. The van der Waals surface area contributed by atoms with E-state index in [2.05, 4.69) is 78.8 Å². The summed E-state index contributed by atoms with van der Waals surface area (Å²) in [7, 11) is 0. The van der Waals surface area contributed by atoms with Gasteiger partial charge in [-0.3, -0.25) is 0 Å². The van der Waals surface area contributed by atoms with Gasteiger partial charge in [-0.2, -0.15) is 0 Å². The summed E-state index contributed by atoms with van der Waals surface area (Å²) in [5.41, 5.74) is 27.1. The van der Waals surface area contributed by atoms with Gasteiger partial charge in [-0.25, -0.2) is 4.70 Å². The van der Waals surface area contributed by atoms with Crippen molar-refractivity contribution in [3.05, 3.63) is 86.0 Å². The first-order valence-electron chi connectivity index (χ1n) is 19.7. The van der Waals surface area contributed by atoms with Crippen LogP contribution in [0.3, 0.4) is 0 Å². The molecule has 2 aromatic rings. The minimum atomic E-state index is 0. The number of unbranched alkanes of at least 4 members (excludes halogenated alkanes) is 7. The largest absolute Gasteiger partial charge is 0.493 e. The average Bonchev–Trinajstić information content (AvgIpc) is 3.38. The van der Waals surface area contributed by atoms with Crippen molar-refractivity contribution in [1.82, 2.24) is 0 Å². The molecule has 1 aliphatic heterocycles. The molecule has 0 radical (unpaired) electrons. The van der Waals surface area contributed by atoms with Crippen molar-refractivity contribution in [2.75, 3.05) is 0 Å². The summed E-state index contributed by atoms with van der Waals surface area (Å²) in [6, 6.07) is 9.78. The third kappa shape index (κ3) is 11.6. The zero-order valence-corrected chi connectivity index (χ0v) is 32.4. The van der Waals surface area contributed by atoms with Gasteiger partial charge in [-0.1, -0.05) is 113 Å². The second-order valence-corrected chi connectivity index (χ2v) is 14.0. The van der Waals surface area contributed by atoms with Crippen LogP contribution in [0.15, 0.2) is 35.9 Å². The molecule has 2 nitrogen and oxygen atoms in total. The van der Waals surface area contributed by atoms with Crippen LogP contribution in [0.4, 0.5) is 0 Å². The van der Waals surface area contributed by atoms with Crippen LogP contribution in [0.5, 0.6) is 0 Å². The van der Waals surface area contributed by atoms with Crippen molar-refractivity contribution in [1.29, 1.82) is 0 Å². The molecule has 2 aromatic carbocycles. The maximum atomic E-state index is 12.2. The molecule has 0 unspecified atom stereocenters. The van der Waals surface area contributed by atoms with Crippen molar-refractivity contribution in [2.45, 2.75) is 183 Å². The van der Waals surface area contributed by atoms with E-state index in [0.29, 0.717) is 0 Å². The fourth-order valence-corrected chi connectivity index (χ4v) is 7.51. The van der Waals surface area contributed by atoms with E-state index in [4.69, 9.17) is 0 Å². The third-order valence-corrected chi connectivity index (χ3v) is 9.96. The van der Waals surface area contributed by atoms with Crippen LogP contribution in [-0.2, 0) is 55.0 Å². The van der Waals surface area contributed by atoms with Crippen LogP contribution in [0.25, 0.3) is 16.9 Å². The predicted octanol–water partition coefficient (Wildman–Crippen LogP) is 13.7. The Kier molecular flexibility index (Phi) is 19.8. The minimum absolute atomic E-state index is 0. The molecular weight excluding hydrogens is 615 g/mol. The maximum absolute atomic E-state index is 12.2. The Balaban J connectivity index is 0.00000768. The number of hydrogen-bond acceptors (Lipinski definition) is 0. The molecule has 0 aliphatic carbocycles. The summed E-state index contributed by atoms with van der Waals surface area (Å²) in [6.07, 6.45) is 27.3. The molecule has 0 aromatic heterocycles. The summed E-state index contributed by atoms with van der Waals surface area (Å²) in [6.45, 7) is 16.1. The molecule has 264 valence electrons. The average molecular weight is 684 g/mol. The quantitative estimate of drug-likeness (QED) is 0.0633. The standard InChI is InChI=1S/C44H68N2.Ni/c1-8-15-19-26-36-31-40(32-37(27-20-16-9-2)42(36)28-21-17-10-3)44-38(25-18-11-4)33-43(46(44)45)39-29-34(22-12-5)41(24-14-7)35(30-39)23-13-6;/h29-33H,8-28H2,1-7H3;. The van der Waals surface area contributed by atoms with Crippen LogP contribution < -0.4 is 0 Å². The van der Waals surface area contributed by atoms with E-state index in [1.165, 1.54) is 110 Å². The van der Waals surface area contributed by atoms with Crippen molar-refractivity contribution >= 4 is 11.4 Å². The maximum Gasteiger partial charge on any atom is 0.210 e. The second-order valence-electron chi connectivity index (χ2n) is 14.0. The predicted molar refractivity (Wildman–Crippen MR) is 203 cm³/mol. The Bertz CT molecular complexity index is 1260. The van der Waals surface area contributed by atoms with Crippen molar-refractivity contribution < 1.29 is 21.2 Å². The van der Waals surface area contributed by atoms with Crippen LogP contribution >= 0.6 is 0 Å². The number of nitrogens with zero attached hydrogens (tertiary/aromatic N) is 2. The van der Waals surface area contributed by atoms with Gasteiger partial charge < -0.3 is 5.53 Å². The normalized spacial score (nSPS) is 13.0. The second kappa shape index (κ2) is 22.6. The van der Waals surface area contributed by atoms with Gasteiger partial charge in [0.1, 0.15) is 0 Å². The van der Waals surface area contributed by atoms with E-state index in [1.54, 1.807) is 15.8 Å². The van der Waals surface area contributed by atoms with Gasteiger partial charge in [-0.05, 0) is 128 Å². The van der Waals surface area contributed by atoms with Crippen molar-refractivity contribution in [2.24, 2.45) is 0 Å². The van der Waals surface area contributed by atoms with Gasteiger partial charge in [0.2, 0.25) is 11.4 Å². The van der Waals surface area contributed by atoms with E-state index in [1.807, 2.05) is 0 Å². The smallest absolute Gasteiger partial charge is 0.210 e. The van der Waals surface area contributed by atoms with E-state index < -0.39 is 0 Å². The summed E-state index contributed by atoms with van der Waals surface area (Å²) >= 11 is 0. The molecule has 3 rings (SSSR count). The van der Waals surface area contributed by atoms with E-state index in [-0.39, 0.29) is 16.5 Å². The summed E-state index contributed by atoms with van der Waals surface area (Å²) in [5.74, 6) is 0. The van der Waals surface area contributed by atoms with Crippen LogP contribution in [0.2, 0.25) is 0 Å². The zero-order chi connectivity index (χ0) is 33.3. The molecule has 0 fully saturated rings. The van der Waals surface area contributed by atoms with Gasteiger partial charge in [0, 0.05) is 39.3 Å². The monoisotopic (exact) mass is 682 g/mol. The number of allylic oxidation sites excluding steroid dienone is 2. The molecule has 3 heteroatoms. The van der Waals surface area contributed by atoms with Crippen molar-refractivity contribution in [3.8, 4) is 0 Å². The molecule has 0 atom stereocenters. The van der Waals surface area contributed by atoms with Gasteiger partial charge in [0.05, 0.1) is 0 Å². The van der Waals surface area contributed by atoms with E-state index in [0.717, 1.165) is 75.6 Å². The number of benzene rings is 2. The molecule has 0 saturated carbocycles. The molecule has 1 aliphatic rings. The van der Waals surface area contributed by atoms with Gasteiger partial charge in [0.25, 0.3) is 0 Å². The minimum Gasteiger partial charge on any atom is -0.493 e. The van der Waals surface area contributed by atoms with E-state index >= 15 is 0 Å². The number of aryl methyl sites for hydroxylation is 4. The summed E-state index contributed by atoms with van der Waals surface area (Å²) < 4.78 is 1.59. The van der Waals surface area contributed by atoms with Crippen LogP contribution in [-0.4, -0.2) is 4.70 Å². The fraction of sp³-hybridized carbons (Fsp3) is 0.636. The topological polar surface area (TPSA) is 25.3 Å². The Morgan fingerprint density at radius 1 is 0.447 bits per heavy atom. The van der Waals surface area contributed by atoms with Gasteiger partial charge >= 0.3 is 0 Å². The fourth-order valence-electron chi connectivity index (χ4n) is 7.51. The number of rotatable bonds is 23. The Morgan fingerprint density at radius 2 is 0.872 bits per heavy atom. The van der Waals surface area contributed by atoms with E-state index in [9.17, 15) is 5.53 Å². The molecule has 0 bridgehead atoms. The molecular formula is C44H68N2Ni. The molecule has 0 N–H and O–H groups in total. The van der Waals surface area contributed by atoms with Gasteiger partial charge in [-0.15, -0.1) is 0 Å². The molecule has 47 heavy (non-hydrogen) atoms. The SMILES string of the molecule is CCCCCc1cc(C2=C(CCCC)C=C(c3cc(CCC)c(CCC)c(CCC)c3)[N+]2=[N-])cc(CCCCC)c1CCCCC.[Ni]. The Morgan fingerprint density at radius 3 is 1.34 bits per heavy atom. The van der Waals surface area contributed by atoms with Crippen LogP contribution in [0.1, 0.15) is 189 Å². The summed E-state index contributed by atoms with van der Waals surface area (Å²) in [4.78, 5) is 0. The number of hydrogen-bond donors (Lipinski definition) is 0. The first-order chi connectivity index (χ1) is 22.5. The molecule has 1 heterocycles. The Hall–Kier alpha value is -1.99.